The third-order valence-electron chi connectivity index (χ3n) is 3.26. The Morgan fingerprint density at radius 2 is 2.41 bits per heavy atom. The number of nitrogens with one attached hydrogen (secondary N) is 1. The maximum Gasteiger partial charge on any atom is 0.0957 e. The molecule has 2 nitrogen and oxygen atoms in total. The van der Waals surface area contributed by atoms with Gasteiger partial charge in [0.05, 0.1) is 15.2 Å². The van der Waals surface area contributed by atoms with Crippen LogP contribution >= 0.6 is 27.3 Å². The molecule has 2 heterocycles. The molecular formula is C13H15BrN2S. The van der Waals surface area contributed by atoms with Gasteiger partial charge in [0.15, 0.2) is 0 Å². The Morgan fingerprint density at radius 1 is 1.53 bits per heavy atom. The van der Waals surface area contributed by atoms with Crippen LogP contribution in [0.3, 0.4) is 0 Å². The van der Waals surface area contributed by atoms with Gasteiger partial charge in [-0.25, -0.2) is 4.98 Å². The fraction of sp³-hybridized carbons (Fsp3) is 0.462. The lowest BCUT2D eigenvalue weighted by molar-refractivity contribution is 0.579. The van der Waals surface area contributed by atoms with E-state index in [1.165, 1.54) is 28.2 Å². The van der Waals surface area contributed by atoms with Gasteiger partial charge in [-0.3, -0.25) is 0 Å². The monoisotopic (exact) mass is 310 g/mol. The second-order valence-corrected chi connectivity index (χ2v) is 6.73. The predicted molar refractivity (Wildman–Crippen MR) is 76.7 cm³/mol. The predicted octanol–water partition coefficient (Wildman–Crippen LogP) is 3.52. The van der Waals surface area contributed by atoms with Gasteiger partial charge < -0.3 is 5.32 Å². The minimum Gasteiger partial charge on any atom is -0.316 e. The molecule has 3 rings (SSSR count). The number of aromatic nitrogens is 1. The smallest absolute Gasteiger partial charge is 0.0957 e. The van der Waals surface area contributed by atoms with Crippen LogP contribution in [0.15, 0.2) is 16.6 Å². The molecule has 0 saturated carbocycles. The van der Waals surface area contributed by atoms with Crippen molar-refractivity contribution in [2.45, 2.75) is 19.8 Å². The van der Waals surface area contributed by atoms with Crippen LogP contribution in [-0.4, -0.2) is 18.1 Å². The van der Waals surface area contributed by atoms with Gasteiger partial charge in [0.25, 0.3) is 0 Å². The van der Waals surface area contributed by atoms with Gasteiger partial charge in [-0.2, -0.15) is 0 Å². The Hall–Kier alpha value is -0.450. The van der Waals surface area contributed by atoms with Crippen molar-refractivity contribution in [2.24, 2.45) is 5.92 Å². The number of hydrogen-bond donors (Lipinski definition) is 1. The van der Waals surface area contributed by atoms with Gasteiger partial charge >= 0.3 is 0 Å². The lowest BCUT2D eigenvalue weighted by Crippen LogP contribution is -2.10. The van der Waals surface area contributed by atoms with Gasteiger partial charge in [0, 0.05) is 10.9 Å². The van der Waals surface area contributed by atoms with Crippen LogP contribution in [0.1, 0.15) is 17.0 Å². The van der Waals surface area contributed by atoms with Crippen LogP contribution in [-0.2, 0) is 6.42 Å². The summed E-state index contributed by atoms with van der Waals surface area (Å²) in [5, 5.41) is 4.69. The molecule has 1 unspecified atom stereocenters. The Balaban J connectivity index is 1.93. The highest BCUT2D eigenvalue weighted by molar-refractivity contribution is 9.10. The molecule has 0 spiro atoms. The third kappa shape index (κ3) is 2.39. The van der Waals surface area contributed by atoms with Crippen molar-refractivity contribution >= 4 is 37.5 Å². The molecule has 0 aliphatic carbocycles. The summed E-state index contributed by atoms with van der Waals surface area (Å²) in [6, 6.07) is 4.37. The molecule has 4 heteroatoms. The van der Waals surface area contributed by atoms with Crippen molar-refractivity contribution in [3.8, 4) is 0 Å². The summed E-state index contributed by atoms with van der Waals surface area (Å²) in [5.74, 6) is 0.774. The zero-order valence-corrected chi connectivity index (χ0v) is 12.2. The quantitative estimate of drug-likeness (QED) is 0.918. The fourth-order valence-electron chi connectivity index (χ4n) is 2.39. The van der Waals surface area contributed by atoms with E-state index in [2.05, 4.69) is 40.3 Å². The summed E-state index contributed by atoms with van der Waals surface area (Å²) < 4.78 is 2.43. The standard InChI is InChI=1S/C13H15BrN2S/c1-8-4-10(14)13-11(5-8)17-12(16-13)6-9-2-3-15-7-9/h4-5,9,15H,2-3,6-7H2,1H3. The lowest BCUT2D eigenvalue weighted by atomic mass is 10.1. The van der Waals surface area contributed by atoms with E-state index in [1.807, 2.05) is 11.3 Å². The first kappa shape index (κ1) is 11.6. The normalized spacial score (nSPS) is 20.2. The Morgan fingerprint density at radius 3 is 3.18 bits per heavy atom. The second kappa shape index (κ2) is 4.67. The van der Waals surface area contributed by atoms with Crippen molar-refractivity contribution in [1.82, 2.24) is 10.3 Å². The number of nitrogens with zero attached hydrogens (tertiary/aromatic N) is 1. The van der Waals surface area contributed by atoms with Crippen molar-refractivity contribution in [1.29, 1.82) is 0 Å². The van der Waals surface area contributed by atoms with Gasteiger partial charge in [0.1, 0.15) is 0 Å². The summed E-state index contributed by atoms with van der Waals surface area (Å²) in [6.07, 6.45) is 2.41. The van der Waals surface area contributed by atoms with E-state index in [4.69, 9.17) is 4.98 Å². The molecule has 0 bridgehead atoms. The molecule has 2 aromatic rings. The van der Waals surface area contributed by atoms with Gasteiger partial charge in [0.2, 0.25) is 0 Å². The van der Waals surface area contributed by atoms with Gasteiger partial charge in [-0.1, -0.05) is 0 Å². The third-order valence-corrected chi connectivity index (χ3v) is 4.89. The van der Waals surface area contributed by atoms with E-state index in [-0.39, 0.29) is 0 Å². The number of halogens is 1. The molecular weight excluding hydrogens is 296 g/mol. The Bertz CT molecular complexity index is 544. The van der Waals surface area contributed by atoms with Crippen molar-refractivity contribution in [2.75, 3.05) is 13.1 Å². The molecule has 1 atom stereocenters. The molecule has 1 aromatic carbocycles. The minimum absolute atomic E-state index is 0.774. The van der Waals surface area contributed by atoms with Gasteiger partial charge in [-0.15, -0.1) is 11.3 Å². The molecule has 1 aliphatic heterocycles. The minimum atomic E-state index is 0.774. The number of hydrogen-bond acceptors (Lipinski definition) is 3. The average molecular weight is 311 g/mol. The lowest BCUT2D eigenvalue weighted by Gasteiger charge is -2.03. The van der Waals surface area contributed by atoms with Crippen molar-refractivity contribution in [3.05, 3.63) is 27.2 Å². The summed E-state index contributed by atoms with van der Waals surface area (Å²) in [6.45, 7) is 4.44. The van der Waals surface area contributed by atoms with Gasteiger partial charge in [-0.05, 0) is 66.0 Å². The number of aryl methyl sites for hydroxylation is 1. The second-order valence-electron chi connectivity index (χ2n) is 4.76. The van der Waals surface area contributed by atoms with E-state index in [1.54, 1.807) is 0 Å². The summed E-state index contributed by atoms with van der Waals surface area (Å²) in [5.41, 5.74) is 2.42. The van der Waals surface area contributed by atoms with Crippen molar-refractivity contribution < 1.29 is 0 Å². The molecule has 17 heavy (non-hydrogen) atoms. The highest BCUT2D eigenvalue weighted by Gasteiger charge is 2.17. The van der Waals surface area contributed by atoms with Crippen LogP contribution in [0.4, 0.5) is 0 Å². The molecule has 90 valence electrons. The maximum atomic E-state index is 4.76. The highest BCUT2D eigenvalue weighted by Crippen LogP contribution is 2.31. The fourth-order valence-corrected chi connectivity index (χ4v) is 4.39. The first-order chi connectivity index (χ1) is 8.22. The molecule has 1 aromatic heterocycles. The van der Waals surface area contributed by atoms with E-state index in [0.717, 1.165) is 28.9 Å². The first-order valence-electron chi connectivity index (χ1n) is 5.98. The van der Waals surface area contributed by atoms with Crippen LogP contribution in [0.2, 0.25) is 0 Å². The zero-order chi connectivity index (χ0) is 11.8. The SMILES string of the molecule is Cc1cc(Br)c2nc(CC3CCNC3)sc2c1. The van der Waals surface area contributed by atoms with Crippen LogP contribution in [0, 0.1) is 12.8 Å². The van der Waals surface area contributed by atoms with E-state index in [0.29, 0.717) is 0 Å². The summed E-state index contributed by atoms with van der Waals surface area (Å²) in [7, 11) is 0. The van der Waals surface area contributed by atoms with Crippen molar-refractivity contribution in [3.63, 3.8) is 0 Å². The van der Waals surface area contributed by atoms with Crippen LogP contribution in [0.25, 0.3) is 10.2 Å². The Labute approximate surface area is 114 Å². The van der Waals surface area contributed by atoms with E-state index in [9.17, 15) is 0 Å². The summed E-state index contributed by atoms with van der Waals surface area (Å²) >= 11 is 5.45. The maximum absolute atomic E-state index is 4.76. The average Bonchev–Trinajstić information content (AvgIpc) is 2.87. The highest BCUT2D eigenvalue weighted by atomic mass is 79.9. The largest absolute Gasteiger partial charge is 0.316 e. The Kier molecular flexibility index (Phi) is 3.19. The number of benzene rings is 1. The molecule has 1 fully saturated rings. The number of fused-ring (bicyclic) bond motifs is 1. The molecule has 1 aliphatic rings. The molecule has 1 N–H and O–H groups in total. The number of rotatable bonds is 2. The topological polar surface area (TPSA) is 24.9 Å². The molecule has 0 radical (unpaired) electrons. The van der Waals surface area contributed by atoms with Crippen LogP contribution < -0.4 is 5.32 Å². The zero-order valence-electron chi connectivity index (χ0n) is 9.79. The molecule has 1 saturated heterocycles. The van der Waals surface area contributed by atoms with E-state index < -0.39 is 0 Å². The van der Waals surface area contributed by atoms with Crippen LogP contribution in [0.5, 0.6) is 0 Å². The summed E-state index contributed by atoms with van der Waals surface area (Å²) in [4.78, 5) is 4.76. The molecule has 0 amide bonds. The number of thiazole rings is 1. The first-order valence-corrected chi connectivity index (χ1v) is 7.59. The van der Waals surface area contributed by atoms with E-state index >= 15 is 0 Å².